The van der Waals surface area contributed by atoms with Crippen molar-refractivity contribution in [3.05, 3.63) is 42.2 Å². The molecule has 0 nitrogen and oxygen atoms in total. The molecule has 2 heteroatoms. The minimum Gasteiger partial charge on any atom is -0.206 e. The Morgan fingerprint density at radius 3 is 2.69 bits per heavy atom. The molecule has 1 atom stereocenters. The van der Waals surface area contributed by atoms with Crippen LogP contribution in [0.2, 0.25) is 0 Å². The second-order valence-corrected chi connectivity index (χ2v) is 3.77. The van der Waals surface area contributed by atoms with E-state index in [0.29, 0.717) is 4.90 Å². The molecule has 0 spiro atoms. The zero-order valence-corrected chi connectivity index (χ0v) is 8.70. The first-order chi connectivity index (χ1) is 6.19. The van der Waals surface area contributed by atoms with Crippen LogP contribution in [0.15, 0.2) is 35.7 Å². The Morgan fingerprint density at radius 2 is 2.23 bits per heavy atom. The van der Waals surface area contributed by atoms with Crippen LogP contribution < -0.4 is 0 Å². The predicted molar refractivity (Wildman–Crippen MR) is 56.8 cm³/mol. The summed E-state index contributed by atoms with van der Waals surface area (Å²) in [4.78, 5) is 0.694. The average Bonchev–Trinajstić information content (AvgIpc) is 2.16. The first-order valence-corrected chi connectivity index (χ1v) is 5.37. The Balaban J connectivity index is 3.02. The molecule has 0 saturated heterocycles. The fraction of sp³-hybridized carbons (Fsp3) is 0.273. The van der Waals surface area contributed by atoms with E-state index >= 15 is 0 Å². The largest absolute Gasteiger partial charge is 0.206 e. The first-order valence-electron chi connectivity index (χ1n) is 4.15. The maximum atomic E-state index is 13.3. The number of benzene rings is 1. The molecule has 0 aliphatic heterocycles. The minimum absolute atomic E-state index is 0.140. The summed E-state index contributed by atoms with van der Waals surface area (Å²) in [6.45, 7) is 5.68. The molecule has 0 aromatic heterocycles. The van der Waals surface area contributed by atoms with Gasteiger partial charge in [0.15, 0.2) is 0 Å². The molecular formula is C11H13FS. The topological polar surface area (TPSA) is 0 Å². The van der Waals surface area contributed by atoms with Gasteiger partial charge in [-0.25, -0.2) is 4.39 Å². The van der Waals surface area contributed by atoms with Crippen LogP contribution in [0.5, 0.6) is 0 Å². The molecule has 0 amide bonds. The lowest BCUT2D eigenvalue weighted by Gasteiger charge is -2.07. The van der Waals surface area contributed by atoms with E-state index in [2.05, 4.69) is 6.58 Å². The van der Waals surface area contributed by atoms with E-state index in [1.165, 1.54) is 11.8 Å². The highest BCUT2D eigenvalue weighted by Gasteiger charge is 2.05. The van der Waals surface area contributed by atoms with Gasteiger partial charge in [0.05, 0.1) is 0 Å². The van der Waals surface area contributed by atoms with Gasteiger partial charge in [-0.3, -0.25) is 0 Å². The fourth-order valence-electron chi connectivity index (χ4n) is 1.10. The van der Waals surface area contributed by atoms with Crippen LogP contribution in [-0.2, 0) is 0 Å². The summed E-state index contributed by atoms with van der Waals surface area (Å²) in [6, 6.07) is 5.34. The smallest absolute Gasteiger partial charge is 0.137 e. The first kappa shape index (κ1) is 10.3. The lowest BCUT2D eigenvalue weighted by molar-refractivity contribution is 0.599. The normalized spacial score (nSPS) is 12.5. The van der Waals surface area contributed by atoms with Gasteiger partial charge in [0.2, 0.25) is 0 Å². The maximum Gasteiger partial charge on any atom is 0.137 e. The molecule has 0 aliphatic rings. The van der Waals surface area contributed by atoms with Crippen molar-refractivity contribution in [3.8, 4) is 0 Å². The summed E-state index contributed by atoms with van der Waals surface area (Å²) < 4.78 is 13.3. The third-order valence-electron chi connectivity index (χ3n) is 2.06. The minimum atomic E-state index is -0.140. The van der Waals surface area contributed by atoms with Crippen LogP contribution in [-0.4, -0.2) is 6.26 Å². The van der Waals surface area contributed by atoms with Gasteiger partial charge in [0.1, 0.15) is 5.82 Å². The molecule has 0 N–H and O–H groups in total. The van der Waals surface area contributed by atoms with Crippen molar-refractivity contribution in [2.45, 2.75) is 17.7 Å². The third kappa shape index (κ3) is 2.34. The highest BCUT2D eigenvalue weighted by Crippen LogP contribution is 2.24. The Hall–Kier alpha value is -0.760. The second-order valence-electron chi connectivity index (χ2n) is 2.92. The maximum absolute atomic E-state index is 13.3. The van der Waals surface area contributed by atoms with Crippen molar-refractivity contribution in [1.29, 1.82) is 0 Å². The van der Waals surface area contributed by atoms with E-state index in [0.717, 1.165) is 5.56 Å². The van der Waals surface area contributed by atoms with Gasteiger partial charge in [0.25, 0.3) is 0 Å². The van der Waals surface area contributed by atoms with Crippen molar-refractivity contribution in [1.82, 2.24) is 0 Å². The number of allylic oxidation sites excluding steroid dienone is 1. The van der Waals surface area contributed by atoms with Gasteiger partial charge in [-0.1, -0.05) is 19.1 Å². The van der Waals surface area contributed by atoms with Crippen molar-refractivity contribution < 1.29 is 4.39 Å². The van der Waals surface area contributed by atoms with Gasteiger partial charge < -0.3 is 0 Å². The summed E-state index contributed by atoms with van der Waals surface area (Å²) in [5.41, 5.74) is 0.977. The Kier molecular flexibility index (Phi) is 3.55. The molecule has 1 unspecified atom stereocenters. The lowest BCUT2D eigenvalue weighted by Crippen LogP contribution is -1.90. The second kappa shape index (κ2) is 4.47. The molecule has 0 heterocycles. The number of hydrogen-bond acceptors (Lipinski definition) is 1. The van der Waals surface area contributed by atoms with Crippen LogP contribution >= 0.6 is 11.8 Å². The zero-order valence-electron chi connectivity index (χ0n) is 7.88. The van der Waals surface area contributed by atoms with Gasteiger partial charge in [-0.05, 0) is 29.9 Å². The Labute approximate surface area is 82.9 Å². The van der Waals surface area contributed by atoms with Crippen LogP contribution in [0.3, 0.4) is 0 Å². The Morgan fingerprint density at radius 1 is 1.54 bits per heavy atom. The molecular weight excluding hydrogens is 183 g/mol. The van der Waals surface area contributed by atoms with Crippen LogP contribution in [0, 0.1) is 5.82 Å². The molecule has 70 valence electrons. The van der Waals surface area contributed by atoms with E-state index in [4.69, 9.17) is 0 Å². The van der Waals surface area contributed by atoms with Crippen LogP contribution in [0.25, 0.3) is 0 Å². The fourth-order valence-corrected chi connectivity index (χ4v) is 1.56. The van der Waals surface area contributed by atoms with E-state index in [1.54, 1.807) is 6.07 Å². The van der Waals surface area contributed by atoms with Crippen molar-refractivity contribution in [2.24, 2.45) is 0 Å². The predicted octanol–water partition coefficient (Wildman–Crippen LogP) is 3.84. The third-order valence-corrected chi connectivity index (χ3v) is 2.83. The molecule has 0 bridgehead atoms. The summed E-state index contributed by atoms with van der Waals surface area (Å²) in [6.07, 6.45) is 3.68. The van der Waals surface area contributed by atoms with Crippen LogP contribution in [0.4, 0.5) is 4.39 Å². The zero-order chi connectivity index (χ0) is 9.84. The van der Waals surface area contributed by atoms with Gasteiger partial charge >= 0.3 is 0 Å². The van der Waals surface area contributed by atoms with E-state index in [9.17, 15) is 4.39 Å². The quantitative estimate of drug-likeness (QED) is 0.523. The molecule has 1 rings (SSSR count). The SMILES string of the molecule is C=CC(C)c1ccc(SC)c(F)c1. The molecule has 0 aliphatic carbocycles. The van der Waals surface area contributed by atoms with Crippen molar-refractivity contribution in [2.75, 3.05) is 6.26 Å². The lowest BCUT2D eigenvalue weighted by atomic mass is 10.0. The molecule has 0 radical (unpaired) electrons. The standard InChI is InChI=1S/C11H13FS/c1-4-8(2)9-5-6-11(13-3)10(12)7-9/h4-8H,1H2,2-3H3. The highest BCUT2D eigenvalue weighted by atomic mass is 32.2. The number of hydrogen-bond donors (Lipinski definition) is 0. The number of halogens is 1. The number of thioether (sulfide) groups is 1. The summed E-state index contributed by atoms with van der Waals surface area (Å²) in [7, 11) is 0. The summed E-state index contributed by atoms with van der Waals surface area (Å²) in [5, 5.41) is 0. The van der Waals surface area contributed by atoms with E-state index in [-0.39, 0.29) is 11.7 Å². The van der Waals surface area contributed by atoms with Crippen LogP contribution in [0.1, 0.15) is 18.4 Å². The summed E-state index contributed by atoms with van der Waals surface area (Å²) >= 11 is 1.42. The van der Waals surface area contributed by atoms with Crippen molar-refractivity contribution in [3.63, 3.8) is 0 Å². The van der Waals surface area contributed by atoms with Crippen molar-refractivity contribution >= 4 is 11.8 Å². The van der Waals surface area contributed by atoms with E-state index < -0.39 is 0 Å². The molecule has 0 saturated carbocycles. The van der Waals surface area contributed by atoms with E-state index in [1.807, 2.05) is 31.4 Å². The Bertz CT molecular complexity index is 307. The number of rotatable bonds is 3. The molecule has 0 fully saturated rings. The highest BCUT2D eigenvalue weighted by molar-refractivity contribution is 7.98. The van der Waals surface area contributed by atoms with Gasteiger partial charge in [0, 0.05) is 4.90 Å². The molecule has 13 heavy (non-hydrogen) atoms. The monoisotopic (exact) mass is 196 g/mol. The molecule has 1 aromatic carbocycles. The average molecular weight is 196 g/mol. The van der Waals surface area contributed by atoms with Gasteiger partial charge in [-0.15, -0.1) is 18.3 Å². The molecule has 1 aromatic rings. The van der Waals surface area contributed by atoms with Gasteiger partial charge in [-0.2, -0.15) is 0 Å². The summed E-state index contributed by atoms with van der Waals surface area (Å²) in [5.74, 6) is 0.0732.